The van der Waals surface area contributed by atoms with Gasteiger partial charge in [-0.1, -0.05) is 40.5 Å². The van der Waals surface area contributed by atoms with Crippen LogP contribution in [0.25, 0.3) is 0 Å². The predicted molar refractivity (Wildman–Crippen MR) is 76.1 cm³/mol. The van der Waals surface area contributed by atoms with E-state index in [1.165, 1.54) is 5.56 Å². The number of carbonyl (C=O) groups excluding carboxylic acids is 1. The number of fused-ring (bicyclic) bond motifs is 1. The third kappa shape index (κ3) is 2.19. The second kappa shape index (κ2) is 5.02. The van der Waals surface area contributed by atoms with Crippen LogP contribution < -0.4 is 0 Å². The van der Waals surface area contributed by atoms with Crippen molar-refractivity contribution in [2.75, 3.05) is 7.11 Å². The van der Waals surface area contributed by atoms with Crippen LogP contribution in [0.1, 0.15) is 12.0 Å². The number of hydrogen-bond donors (Lipinski definition) is 0. The zero-order valence-electron chi connectivity index (χ0n) is 11.1. The summed E-state index contributed by atoms with van der Waals surface area (Å²) < 4.78 is 9.82. The number of methoxy groups -OCH3 is 1. The van der Waals surface area contributed by atoms with Gasteiger partial charge in [-0.25, -0.2) is 0 Å². The molecule has 1 aromatic carbocycles. The van der Waals surface area contributed by atoms with Gasteiger partial charge in [0.15, 0.2) is 0 Å². The highest BCUT2D eigenvalue weighted by atomic mass is 32.2. The van der Waals surface area contributed by atoms with E-state index in [9.17, 15) is 4.79 Å². The molecule has 100 valence electrons. The summed E-state index contributed by atoms with van der Waals surface area (Å²) in [5.74, 6) is -0.0928. The van der Waals surface area contributed by atoms with Crippen LogP contribution in [0.5, 0.6) is 0 Å². The Kier molecular flexibility index (Phi) is 3.37. The molecule has 19 heavy (non-hydrogen) atoms. The molecule has 2 aliphatic rings. The minimum atomic E-state index is -0.324. The largest absolute Gasteiger partial charge is 0.377 e. The number of amides is 1. The minimum absolute atomic E-state index is 0.00473. The molecule has 3 nitrogen and oxygen atoms in total. The molecule has 0 aromatic heterocycles. The van der Waals surface area contributed by atoms with Gasteiger partial charge >= 0.3 is 0 Å². The van der Waals surface area contributed by atoms with Gasteiger partial charge in [0.2, 0.25) is 0 Å². The Balaban J connectivity index is 1.96. The molecule has 4 heteroatoms. The molecule has 1 aromatic rings. The fourth-order valence-corrected chi connectivity index (χ4v) is 4.87. The minimum Gasteiger partial charge on any atom is -0.377 e. The summed E-state index contributed by atoms with van der Waals surface area (Å²) in [5, 5.41) is 0.269. The molecule has 0 N–H and O–H groups in total. The van der Waals surface area contributed by atoms with Gasteiger partial charge in [-0.05, 0) is 25.5 Å². The van der Waals surface area contributed by atoms with Crippen molar-refractivity contribution in [3.05, 3.63) is 42.0 Å². The number of ether oxygens (including phenoxy) is 1. The van der Waals surface area contributed by atoms with Crippen LogP contribution in [-0.4, -0.2) is 24.4 Å². The van der Waals surface area contributed by atoms with Gasteiger partial charge in [0, 0.05) is 17.3 Å². The van der Waals surface area contributed by atoms with E-state index in [0.717, 1.165) is 11.3 Å². The summed E-state index contributed by atoms with van der Waals surface area (Å²) >= 11 is 0. The van der Waals surface area contributed by atoms with Gasteiger partial charge < -0.3 is 4.74 Å². The first kappa shape index (κ1) is 12.8. The molecule has 1 heterocycles. The highest BCUT2D eigenvalue weighted by Gasteiger charge is 2.43. The van der Waals surface area contributed by atoms with Crippen molar-refractivity contribution in [3.8, 4) is 0 Å². The van der Waals surface area contributed by atoms with E-state index < -0.39 is 0 Å². The van der Waals surface area contributed by atoms with E-state index in [1.54, 1.807) is 7.11 Å². The fourth-order valence-electron chi connectivity index (χ4n) is 2.71. The monoisotopic (exact) mass is 275 g/mol. The third-order valence-electron chi connectivity index (χ3n) is 3.74. The Labute approximate surface area is 115 Å². The molecule has 3 rings (SSSR count). The first-order valence-electron chi connectivity index (χ1n) is 6.45. The molecular formula is C15H17NO2S. The van der Waals surface area contributed by atoms with Gasteiger partial charge in [0.05, 0.1) is 12.0 Å². The average molecular weight is 275 g/mol. The van der Waals surface area contributed by atoms with Crippen molar-refractivity contribution in [3.63, 3.8) is 0 Å². The Morgan fingerprint density at radius 3 is 2.74 bits per heavy atom. The quantitative estimate of drug-likeness (QED) is 0.778. The van der Waals surface area contributed by atoms with Crippen LogP contribution in [0, 0.1) is 12.8 Å². The summed E-state index contributed by atoms with van der Waals surface area (Å²) in [5.41, 5.74) is 1.23. The van der Waals surface area contributed by atoms with Crippen molar-refractivity contribution in [1.82, 2.24) is 0 Å². The second-order valence-electron chi connectivity index (χ2n) is 4.99. The Bertz CT molecular complexity index is 562. The maximum Gasteiger partial charge on any atom is 0.259 e. The zero-order valence-corrected chi connectivity index (χ0v) is 11.9. The standard InChI is InChI=1S/C15H17NO2S/c1-10-6-8-11(9-7-10)19-13-5-3-4-12(18-2)14(13)15(17)16-19/h3-4,6-9,12-14H,5H2,1-2H3/t12-,13+,14-,19?/m0/s1. The van der Waals surface area contributed by atoms with Crippen molar-refractivity contribution in [2.24, 2.45) is 10.3 Å². The van der Waals surface area contributed by atoms with E-state index in [4.69, 9.17) is 4.74 Å². The van der Waals surface area contributed by atoms with Gasteiger partial charge in [-0.15, -0.1) is 0 Å². The first-order chi connectivity index (χ1) is 9.20. The summed E-state index contributed by atoms with van der Waals surface area (Å²) in [6.07, 6.45) is 4.92. The molecule has 0 spiro atoms. The average Bonchev–Trinajstić information content (AvgIpc) is 2.77. The van der Waals surface area contributed by atoms with Crippen LogP contribution in [0.4, 0.5) is 0 Å². The van der Waals surface area contributed by atoms with Crippen molar-refractivity contribution in [2.45, 2.75) is 29.6 Å². The summed E-state index contributed by atoms with van der Waals surface area (Å²) in [6.45, 7) is 2.07. The molecule has 1 amide bonds. The predicted octanol–water partition coefficient (Wildman–Crippen LogP) is 2.66. The Morgan fingerprint density at radius 1 is 1.32 bits per heavy atom. The molecule has 1 aliphatic carbocycles. The molecule has 1 aliphatic heterocycles. The molecule has 0 fully saturated rings. The number of hydrogen-bond acceptors (Lipinski definition) is 2. The normalized spacial score (nSPS) is 33.1. The van der Waals surface area contributed by atoms with E-state index in [2.05, 4.69) is 41.6 Å². The zero-order chi connectivity index (χ0) is 13.4. The van der Waals surface area contributed by atoms with E-state index >= 15 is 0 Å². The van der Waals surface area contributed by atoms with Crippen LogP contribution in [0.15, 0.2) is 45.7 Å². The lowest BCUT2D eigenvalue weighted by Gasteiger charge is -2.27. The maximum atomic E-state index is 12.2. The molecule has 0 saturated heterocycles. The highest BCUT2D eigenvalue weighted by molar-refractivity contribution is 7.88. The number of carbonyl (C=O) groups is 1. The highest BCUT2D eigenvalue weighted by Crippen LogP contribution is 2.36. The summed E-state index contributed by atoms with van der Waals surface area (Å²) in [6, 6.07) is 8.36. The summed E-state index contributed by atoms with van der Waals surface area (Å²) in [7, 11) is 1.34. The van der Waals surface area contributed by atoms with E-state index in [1.807, 2.05) is 6.08 Å². The first-order valence-corrected chi connectivity index (χ1v) is 7.70. The van der Waals surface area contributed by atoms with Crippen molar-refractivity contribution < 1.29 is 9.53 Å². The lowest BCUT2D eigenvalue weighted by molar-refractivity contribution is -0.124. The molecule has 0 radical (unpaired) electrons. The van der Waals surface area contributed by atoms with Crippen LogP contribution in [-0.2, 0) is 20.2 Å². The molecule has 0 saturated carbocycles. The van der Waals surface area contributed by atoms with Crippen molar-refractivity contribution >= 4 is 16.6 Å². The fraction of sp³-hybridized carbons (Fsp3) is 0.400. The number of allylic oxidation sites excluding steroid dienone is 1. The van der Waals surface area contributed by atoms with E-state index in [-0.39, 0.29) is 33.9 Å². The number of aryl methyl sites for hydroxylation is 1. The van der Waals surface area contributed by atoms with Gasteiger partial charge in [-0.2, -0.15) is 4.36 Å². The Morgan fingerprint density at radius 2 is 2.05 bits per heavy atom. The number of nitrogens with zero attached hydrogens (tertiary/aromatic N) is 1. The molecular weight excluding hydrogens is 258 g/mol. The topological polar surface area (TPSA) is 38.7 Å². The molecule has 4 atom stereocenters. The van der Waals surface area contributed by atoms with Crippen LogP contribution in [0.2, 0.25) is 0 Å². The SMILES string of the molecule is CO[C@H]1C=CC[C@@H]2[C@H]1C(=O)N=S2c1ccc(C)cc1. The number of benzene rings is 1. The van der Waals surface area contributed by atoms with Gasteiger partial charge in [-0.3, -0.25) is 4.79 Å². The lowest BCUT2D eigenvalue weighted by Crippen LogP contribution is -2.37. The lowest BCUT2D eigenvalue weighted by atomic mass is 9.90. The van der Waals surface area contributed by atoms with Gasteiger partial charge in [0.1, 0.15) is 0 Å². The second-order valence-corrected chi connectivity index (χ2v) is 6.87. The molecule has 0 bridgehead atoms. The maximum absolute atomic E-state index is 12.2. The summed E-state index contributed by atoms with van der Waals surface area (Å²) in [4.78, 5) is 13.3. The van der Waals surface area contributed by atoms with E-state index in [0.29, 0.717) is 0 Å². The third-order valence-corrected chi connectivity index (χ3v) is 5.93. The molecule has 1 unspecified atom stereocenters. The smallest absolute Gasteiger partial charge is 0.259 e. The van der Waals surface area contributed by atoms with Crippen LogP contribution in [0.3, 0.4) is 0 Å². The number of rotatable bonds is 2. The van der Waals surface area contributed by atoms with Gasteiger partial charge in [0.25, 0.3) is 5.91 Å². The Hall–Kier alpha value is -1.26. The van der Waals surface area contributed by atoms with Crippen molar-refractivity contribution in [1.29, 1.82) is 0 Å². The van der Waals surface area contributed by atoms with Crippen LogP contribution >= 0.6 is 0 Å².